The van der Waals surface area contributed by atoms with Gasteiger partial charge in [0.15, 0.2) is 11.5 Å². The average Bonchev–Trinajstić information content (AvgIpc) is 3.34. The van der Waals surface area contributed by atoms with Crippen LogP contribution in [0.1, 0.15) is 31.7 Å². The van der Waals surface area contributed by atoms with Gasteiger partial charge in [0.05, 0.1) is 13.7 Å². The molecule has 1 N–H and O–H groups in total. The van der Waals surface area contributed by atoms with Crippen molar-refractivity contribution in [2.24, 2.45) is 0 Å². The van der Waals surface area contributed by atoms with Gasteiger partial charge in [-0.1, -0.05) is 13.0 Å². The van der Waals surface area contributed by atoms with Crippen LogP contribution in [0.3, 0.4) is 0 Å². The summed E-state index contributed by atoms with van der Waals surface area (Å²) in [6.45, 7) is 2.64. The van der Waals surface area contributed by atoms with Crippen LogP contribution in [0, 0.1) is 11.3 Å². The lowest BCUT2D eigenvalue weighted by atomic mass is 10.1. The zero-order valence-corrected chi connectivity index (χ0v) is 12.9. The Kier molecular flexibility index (Phi) is 5.42. The van der Waals surface area contributed by atoms with Gasteiger partial charge in [-0.25, -0.2) is 0 Å². The van der Waals surface area contributed by atoms with Crippen LogP contribution >= 0.6 is 0 Å². The fourth-order valence-electron chi connectivity index (χ4n) is 1.91. The largest absolute Gasteiger partial charge is 0.493 e. The summed E-state index contributed by atoms with van der Waals surface area (Å²) in [4.78, 5) is 11.9. The third-order valence-corrected chi connectivity index (χ3v) is 3.24. The van der Waals surface area contributed by atoms with Gasteiger partial charge in [-0.15, -0.1) is 0 Å². The molecule has 0 unspecified atom stereocenters. The molecule has 5 heteroatoms. The Morgan fingerprint density at radius 1 is 1.45 bits per heavy atom. The lowest BCUT2D eigenvalue weighted by Crippen LogP contribution is -2.26. The molecular formula is C17H20N2O3. The number of nitrogens with zero attached hydrogens (tertiary/aromatic N) is 1. The van der Waals surface area contributed by atoms with E-state index in [0.29, 0.717) is 18.1 Å². The molecule has 22 heavy (non-hydrogen) atoms. The number of hydrogen-bond acceptors (Lipinski definition) is 4. The van der Waals surface area contributed by atoms with E-state index >= 15 is 0 Å². The average molecular weight is 300 g/mol. The van der Waals surface area contributed by atoms with Crippen molar-refractivity contribution in [1.82, 2.24) is 5.32 Å². The molecule has 1 fully saturated rings. The number of ether oxygens (including phenoxy) is 2. The highest BCUT2D eigenvalue weighted by molar-refractivity contribution is 6.02. The normalized spacial score (nSPS) is 14.1. The van der Waals surface area contributed by atoms with Crippen molar-refractivity contribution in [3.63, 3.8) is 0 Å². The highest BCUT2D eigenvalue weighted by Crippen LogP contribution is 2.29. The maximum Gasteiger partial charge on any atom is 0.262 e. The summed E-state index contributed by atoms with van der Waals surface area (Å²) in [7, 11) is 1.56. The number of benzene rings is 1. The Bertz CT molecular complexity index is 613. The van der Waals surface area contributed by atoms with Crippen LogP contribution in [0.15, 0.2) is 23.8 Å². The molecule has 5 nitrogen and oxygen atoms in total. The van der Waals surface area contributed by atoms with Gasteiger partial charge in [-0.3, -0.25) is 4.79 Å². The van der Waals surface area contributed by atoms with Crippen molar-refractivity contribution >= 4 is 12.0 Å². The van der Waals surface area contributed by atoms with E-state index in [1.165, 1.54) is 0 Å². The minimum atomic E-state index is -0.324. The highest BCUT2D eigenvalue weighted by Gasteiger charge is 2.24. The van der Waals surface area contributed by atoms with Crippen LogP contribution in [0.5, 0.6) is 11.5 Å². The molecule has 0 bridgehead atoms. The number of methoxy groups -OCH3 is 1. The SMILES string of the molecule is CCCOc1ccc(/C=C(\C#N)C(=O)NC2CC2)cc1OC. The summed E-state index contributed by atoms with van der Waals surface area (Å²) in [5, 5.41) is 12.0. The molecule has 0 atom stereocenters. The van der Waals surface area contributed by atoms with Crippen molar-refractivity contribution in [3.05, 3.63) is 29.3 Å². The van der Waals surface area contributed by atoms with Gasteiger partial charge in [0.1, 0.15) is 11.6 Å². The molecule has 0 radical (unpaired) electrons. The first-order chi connectivity index (χ1) is 10.7. The van der Waals surface area contributed by atoms with E-state index in [0.717, 1.165) is 24.8 Å². The van der Waals surface area contributed by atoms with Crippen LogP contribution in [0.4, 0.5) is 0 Å². The van der Waals surface area contributed by atoms with Gasteiger partial charge in [-0.05, 0) is 43.0 Å². The van der Waals surface area contributed by atoms with Crippen molar-refractivity contribution in [2.75, 3.05) is 13.7 Å². The van der Waals surface area contributed by atoms with E-state index in [2.05, 4.69) is 5.32 Å². The van der Waals surface area contributed by atoms with Crippen molar-refractivity contribution in [3.8, 4) is 17.6 Å². The van der Waals surface area contributed by atoms with E-state index in [-0.39, 0.29) is 17.5 Å². The van der Waals surface area contributed by atoms with Crippen LogP contribution in [0.25, 0.3) is 6.08 Å². The molecule has 0 aliphatic heterocycles. The van der Waals surface area contributed by atoms with Crippen molar-refractivity contribution in [1.29, 1.82) is 5.26 Å². The molecule has 1 aromatic rings. The molecule has 1 saturated carbocycles. The van der Waals surface area contributed by atoms with E-state index < -0.39 is 0 Å². The smallest absolute Gasteiger partial charge is 0.262 e. The van der Waals surface area contributed by atoms with Crippen molar-refractivity contribution in [2.45, 2.75) is 32.2 Å². The number of carbonyl (C=O) groups excluding carboxylic acids is 1. The number of nitrogens with one attached hydrogen (secondary N) is 1. The number of amides is 1. The third kappa shape index (κ3) is 4.26. The van der Waals surface area contributed by atoms with Gasteiger partial charge < -0.3 is 14.8 Å². The summed E-state index contributed by atoms with van der Waals surface area (Å²) in [5.41, 5.74) is 0.819. The molecule has 1 amide bonds. The first kappa shape index (κ1) is 15.9. The number of carbonyl (C=O) groups is 1. The molecule has 0 heterocycles. The zero-order valence-electron chi connectivity index (χ0n) is 12.9. The monoisotopic (exact) mass is 300 g/mol. The number of rotatable bonds is 7. The molecule has 116 valence electrons. The molecule has 2 rings (SSSR count). The Morgan fingerprint density at radius 2 is 2.23 bits per heavy atom. The molecule has 0 saturated heterocycles. The Balaban J connectivity index is 2.17. The lowest BCUT2D eigenvalue weighted by Gasteiger charge is -2.10. The summed E-state index contributed by atoms with van der Waals surface area (Å²) >= 11 is 0. The maximum atomic E-state index is 11.9. The summed E-state index contributed by atoms with van der Waals surface area (Å²) in [6, 6.07) is 7.52. The van der Waals surface area contributed by atoms with Crippen LogP contribution in [-0.2, 0) is 4.79 Å². The topological polar surface area (TPSA) is 71.3 Å². The van der Waals surface area contributed by atoms with E-state index in [4.69, 9.17) is 14.7 Å². The van der Waals surface area contributed by atoms with Crippen LogP contribution in [0.2, 0.25) is 0 Å². The standard InChI is InChI=1S/C17H20N2O3/c1-3-8-22-15-7-4-12(10-16(15)21-2)9-13(11-18)17(20)19-14-5-6-14/h4,7,9-10,14H,3,5-6,8H2,1-2H3,(H,19,20)/b13-9+. The quantitative estimate of drug-likeness (QED) is 0.621. The molecular weight excluding hydrogens is 280 g/mol. The molecule has 1 aliphatic rings. The van der Waals surface area contributed by atoms with E-state index in [9.17, 15) is 4.79 Å². The lowest BCUT2D eigenvalue weighted by molar-refractivity contribution is -0.117. The second kappa shape index (κ2) is 7.51. The third-order valence-electron chi connectivity index (χ3n) is 3.24. The molecule has 0 spiro atoms. The van der Waals surface area contributed by atoms with Crippen LogP contribution < -0.4 is 14.8 Å². The minimum absolute atomic E-state index is 0.0937. The molecule has 1 aliphatic carbocycles. The second-order valence-corrected chi connectivity index (χ2v) is 5.18. The number of hydrogen-bond donors (Lipinski definition) is 1. The predicted octanol–water partition coefficient (Wildman–Crippen LogP) is 2.67. The van der Waals surface area contributed by atoms with Gasteiger partial charge in [0.2, 0.25) is 0 Å². The molecule has 0 aromatic heterocycles. The highest BCUT2D eigenvalue weighted by atomic mass is 16.5. The van der Waals surface area contributed by atoms with Gasteiger partial charge in [0, 0.05) is 6.04 Å². The number of nitriles is 1. The fourth-order valence-corrected chi connectivity index (χ4v) is 1.91. The Hall–Kier alpha value is -2.48. The maximum absolute atomic E-state index is 11.9. The summed E-state index contributed by atoms with van der Waals surface area (Å²) < 4.78 is 10.9. The van der Waals surface area contributed by atoms with Crippen LogP contribution in [-0.4, -0.2) is 25.7 Å². The zero-order chi connectivity index (χ0) is 15.9. The first-order valence-corrected chi connectivity index (χ1v) is 7.41. The van der Waals surface area contributed by atoms with E-state index in [1.807, 2.05) is 13.0 Å². The van der Waals surface area contributed by atoms with Gasteiger partial charge in [-0.2, -0.15) is 5.26 Å². The molecule has 1 aromatic carbocycles. The van der Waals surface area contributed by atoms with Gasteiger partial charge in [0.25, 0.3) is 5.91 Å². The first-order valence-electron chi connectivity index (χ1n) is 7.41. The Labute approximate surface area is 130 Å². The second-order valence-electron chi connectivity index (χ2n) is 5.18. The predicted molar refractivity (Wildman–Crippen MR) is 83.5 cm³/mol. The van der Waals surface area contributed by atoms with Gasteiger partial charge >= 0.3 is 0 Å². The fraction of sp³-hybridized carbons (Fsp3) is 0.412. The summed E-state index contributed by atoms with van der Waals surface area (Å²) in [5.74, 6) is 0.916. The summed E-state index contributed by atoms with van der Waals surface area (Å²) in [6.07, 6.45) is 4.44. The minimum Gasteiger partial charge on any atom is -0.493 e. The van der Waals surface area contributed by atoms with E-state index in [1.54, 1.807) is 31.4 Å². The van der Waals surface area contributed by atoms with Crippen molar-refractivity contribution < 1.29 is 14.3 Å². The Morgan fingerprint density at radius 3 is 2.82 bits per heavy atom.